The summed E-state index contributed by atoms with van der Waals surface area (Å²) in [6, 6.07) is 0.0802. The molecule has 2 aliphatic rings. The van der Waals surface area contributed by atoms with Crippen molar-refractivity contribution in [3.63, 3.8) is 0 Å². The maximum atomic E-state index is 12.3. The van der Waals surface area contributed by atoms with Crippen LogP contribution in [0, 0.1) is 5.92 Å². The maximum Gasteiger partial charge on any atom is 0.407 e. The fourth-order valence-electron chi connectivity index (χ4n) is 3.08. The lowest BCUT2D eigenvalue weighted by Crippen LogP contribution is -2.46. The number of carbonyl (C=O) groups excluding carboxylic acids is 3. The molecule has 1 aliphatic carbocycles. The predicted molar refractivity (Wildman–Crippen MR) is 103 cm³/mol. The van der Waals surface area contributed by atoms with Crippen molar-refractivity contribution in [3.05, 3.63) is 11.6 Å². The second-order valence-corrected chi connectivity index (χ2v) is 8.51. The van der Waals surface area contributed by atoms with Gasteiger partial charge in [-0.05, 0) is 59.3 Å². The highest BCUT2D eigenvalue weighted by Gasteiger charge is 2.26. The van der Waals surface area contributed by atoms with Gasteiger partial charge in [-0.1, -0.05) is 5.57 Å². The van der Waals surface area contributed by atoms with Crippen molar-refractivity contribution < 1.29 is 19.1 Å². The van der Waals surface area contributed by atoms with Crippen LogP contribution in [-0.4, -0.2) is 54.1 Å². The largest absolute Gasteiger partial charge is 0.444 e. The number of nitrogens with zero attached hydrogens (tertiary/aromatic N) is 1. The molecule has 7 heteroatoms. The Balaban J connectivity index is 1.62. The highest BCUT2D eigenvalue weighted by Crippen LogP contribution is 2.36. The molecule has 3 amide bonds. The van der Waals surface area contributed by atoms with Crippen molar-refractivity contribution in [1.29, 1.82) is 0 Å². The minimum Gasteiger partial charge on any atom is -0.444 e. The number of hydrogen-bond acceptors (Lipinski definition) is 4. The molecular formula is C20H33N3O4. The van der Waals surface area contributed by atoms with E-state index in [1.54, 1.807) is 26.8 Å². The highest BCUT2D eigenvalue weighted by atomic mass is 16.6. The molecule has 1 aliphatic heterocycles. The zero-order valence-electron chi connectivity index (χ0n) is 17.0. The molecule has 0 unspecified atom stereocenters. The number of carbonyl (C=O) groups is 3. The van der Waals surface area contributed by atoms with Gasteiger partial charge in [0.25, 0.3) is 0 Å². The number of rotatable bonds is 6. The van der Waals surface area contributed by atoms with E-state index in [2.05, 4.69) is 10.6 Å². The number of hydrogen-bond donors (Lipinski definition) is 2. The molecule has 27 heavy (non-hydrogen) atoms. The lowest BCUT2D eigenvalue weighted by Gasteiger charge is -2.32. The van der Waals surface area contributed by atoms with Crippen LogP contribution in [-0.2, 0) is 14.3 Å². The third-order valence-corrected chi connectivity index (χ3v) is 4.76. The Hall–Kier alpha value is -2.05. The predicted octanol–water partition coefficient (Wildman–Crippen LogP) is 2.36. The number of nitrogens with one attached hydrogen (secondary N) is 2. The Labute approximate surface area is 161 Å². The molecule has 2 N–H and O–H groups in total. The van der Waals surface area contributed by atoms with Crippen LogP contribution in [0.3, 0.4) is 0 Å². The molecule has 7 nitrogen and oxygen atoms in total. The third kappa shape index (κ3) is 8.01. The molecule has 0 aromatic heterocycles. The first-order chi connectivity index (χ1) is 12.6. The monoisotopic (exact) mass is 379 g/mol. The van der Waals surface area contributed by atoms with Gasteiger partial charge in [0.15, 0.2) is 0 Å². The van der Waals surface area contributed by atoms with Gasteiger partial charge in [0.05, 0.1) is 0 Å². The number of allylic oxidation sites excluding steroid dienone is 1. The van der Waals surface area contributed by atoms with E-state index in [0.717, 1.165) is 12.8 Å². The first kappa shape index (κ1) is 21.3. The summed E-state index contributed by atoms with van der Waals surface area (Å²) in [6.07, 6.45) is 5.39. The summed E-state index contributed by atoms with van der Waals surface area (Å²) in [5.41, 5.74) is 0.636. The number of likely N-dealkylation sites (tertiary alicyclic amines) is 1. The Bertz CT molecular complexity index is 583. The Morgan fingerprint density at radius 3 is 2.30 bits per heavy atom. The standard InChI is InChI=1S/C20H33N3O4/c1-14(15-5-6-15)13-18(25)23-11-8-16(9-12-23)22-17(24)7-10-21-19(26)27-20(2,3)4/h13,15-16H,5-12H2,1-4H3,(H,21,26)(H,22,24)/b14-13+. The van der Waals surface area contributed by atoms with Crippen LogP contribution < -0.4 is 10.6 Å². The van der Waals surface area contributed by atoms with Gasteiger partial charge in [-0.3, -0.25) is 9.59 Å². The fourth-order valence-corrected chi connectivity index (χ4v) is 3.08. The van der Waals surface area contributed by atoms with Crippen LogP contribution in [0.4, 0.5) is 4.79 Å². The molecule has 0 radical (unpaired) electrons. The van der Waals surface area contributed by atoms with Crippen LogP contribution in [0.25, 0.3) is 0 Å². The molecule has 0 atom stereocenters. The average molecular weight is 380 g/mol. The Morgan fingerprint density at radius 1 is 1.11 bits per heavy atom. The second kappa shape index (κ2) is 9.24. The molecule has 2 rings (SSSR count). The van der Waals surface area contributed by atoms with E-state index in [-0.39, 0.29) is 30.8 Å². The van der Waals surface area contributed by atoms with Crippen LogP contribution in [0.5, 0.6) is 0 Å². The lowest BCUT2D eigenvalue weighted by molar-refractivity contribution is -0.127. The third-order valence-electron chi connectivity index (χ3n) is 4.76. The number of alkyl carbamates (subject to hydrolysis) is 1. The van der Waals surface area contributed by atoms with E-state index in [0.29, 0.717) is 19.0 Å². The Kier molecular flexibility index (Phi) is 7.27. The van der Waals surface area contributed by atoms with Gasteiger partial charge in [-0.2, -0.15) is 0 Å². The summed E-state index contributed by atoms with van der Waals surface area (Å²) in [6.45, 7) is 8.97. The quantitative estimate of drug-likeness (QED) is 0.694. The normalized spacial score (nSPS) is 18.8. The van der Waals surface area contributed by atoms with Gasteiger partial charge >= 0.3 is 6.09 Å². The summed E-state index contributed by atoms with van der Waals surface area (Å²) in [4.78, 5) is 37.7. The van der Waals surface area contributed by atoms with Gasteiger partial charge in [0.2, 0.25) is 11.8 Å². The molecule has 0 bridgehead atoms. The van der Waals surface area contributed by atoms with Crippen LogP contribution in [0.1, 0.15) is 59.8 Å². The van der Waals surface area contributed by atoms with Crippen molar-refractivity contribution in [1.82, 2.24) is 15.5 Å². The van der Waals surface area contributed by atoms with Crippen molar-refractivity contribution in [3.8, 4) is 0 Å². The van der Waals surface area contributed by atoms with Crippen LogP contribution in [0.15, 0.2) is 11.6 Å². The smallest absolute Gasteiger partial charge is 0.407 e. The van der Waals surface area contributed by atoms with Crippen molar-refractivity contribution in [2.75, 3.05) is 19.6 Å². The van der Waals surface area contributed by atoms with E-state index in [9.17, 15) is 14.4 Å². The number of ether oxygens (including phenoxy) is 1. The van der Waals surface area contributed by atoms with E-state index in [1.165, 1.54) is 18.4 Å². The topological polar surface area (TPSA) is 87.7 Å². The number of piperidine rings is 1. The maximum absolute atomic E-state index is 12.3. The summed E-state index contributed by atoms with van der Waals surface area (Å²) in [5.74, 6) is 0.603. The summed E-state index contributed by atoms with van der Waals surface area (Å²) >= 11 is 0. The van der Waals surface area contributed by atoms with E-state index < -0.39 is 11.7 Å². The average Bonchev–Trinajstić information content (AvgIpc) is 3.38. The zero-order chi connectivity index (χ0) is 20.0. The van der Waals surface area contributed by atoms with Gasteiger partial charge in [-0.25, -0.2) is 4.79 Å². The molecule has 0 aromatic carbocycles. The van der Waals surface area contributed by atoms with Gasteiger partial charge < -0.3 is 20.3 Å². The molecular weight excluding hydrogens is 346 g/mol. The Morgan fingerprint density at radius 2 is 1.74 bits per heavy atom. The van der Waals surface area contributed by atoms with E-state index >= 15 is 0 Å². The zero-order valence-corrected chi connectivity index (χ0v) is 17.0. The molecule has 1 saturated carbocycles. The number of amides is 3. The van der Waals surface area contributed by atoms with E-state index in [1.807, 2.05) is 11.8 Å². The molecule has 0 aromatic rings. The van der Waals surface area contributed by atoms with E-state index in [4.69, 9.17) is 4.74 Å². The summed E-state index contributed by atoms with van der Waals surface area (Å²) < 4.78 is 5.13. The van der Waals surface area contributed by atoms with Gasteiger partial charge in [0.1, 0.15) is 5.60 Å². The molecule has 0 spiro atoms. The van der Waals surface area contributed by atoms with Crippen LogP contribution >= 0.6 is 0 Å². The fraction of sp³-hybridized carbons (Fsp3) is 0.750. The van der Waals surface area contributed by atoms with Crippen molar-refractivity contribution in [2.24, 2.45) is 5.92 Å². The summed E-state index contributed by atoms with van der Waals surface area (Å²) in [7, 11) is 0. The molecule has 1 heterocycles. The van der Waals surface area contributed by atoms with Crippen LogP contribution in [0.2, 0.25) is 0 Å². The van der Waals surface area contributed by atoms with Crippen molar-refractivity contribution >= 4 is 17.9 Å². The first-order valence-corrected chi connectivity index (χ1v) is 9.87. The molecule has 1 saturated heterocycles. The molecule has 2 fully saturated rings. The SMILES string of the molecule is C/C(=C\C(=O)N1CCC(NC(=O)CCNC(=O)OC(C)(C)C)CC1)C1CC1. The molecule has 152 valence electrons. The minimum atomic E-state index is -0.551. The van der Waals surface area contributed by atoms with Crippen molar-refractivity contribution in [2.45, 2.75) is 71.4 Å². The van der Waals surface area contributed by atoms with Gasteiger partial charge in [-0.15, -0.1) is 0 Å². The van der Waals surface area contributed by atoms with Gasteiger partial charge in [0, 0.05) is 38.2 Å². The lowest BCUT2D eigenvalue weighted by atomic mass is 10.0. The second-order valence-electron chi connectivity index (χ2n) is 8.51. The highest BCUT2D eigenvalue weighted by molar-refractivity contribution is 5.88. The minimum absolute atomic E-state index is 0.0802. The first-order valence-electron chi connectivity index (χ1n) is 9.87. The summed E-state index contributed by atoms with van der Waals surface area (Å²) in [5, 5.41) is 5.57.